The number of carbonyl (C=O) groups excluding carboxylic acids is 2. The van der Waals surface area contributed by atoms with Gasteiger partial charge in [-0.3, -0.25) is 14.9 Å². The summed E-state index contributed by atoms with van der Waals surface area (Å²) in [6.45, 7) is 6.28. The van der Waals surface area contributed by atoms with E-state index in [2.05, 4.69) is 25.4 Å². The molecule has 18 heteroatoms. The van der Waals surface area contributed by atoms with Gasteiger partial charge in [-0.05, 0) is 50.8 Å². The van der Waals surface area contributed by atoms with Crippen molar-refractivity contribution < 1.29 is 33.5 Å². The molecule has 248 valence electrons. The minimum absolute atomic E-state index is 0.0952. The Morgan fingerprint density at radius 2 is 1.89 bits per heavy atom. The molecule has 2 fully saturated rings. The van der Waals surface area contributed by atoms with E-state index in [1.54, 1.807) is 9.58 Å². The number of amides is 3. The van der Waals surface area contributed by atoms with Crippen LogP contribution in [0, 0.1) is 16.1 Å². The van der Waals surface area contributed by atoms with Gasteiger partial charge in [-0.15, -0.1) is 0 Å². The fourth-order valence-electron chi connectivity index (χ4n) is 5.58. The summed E-state index contributed by atoms with van der Waals surface area (Å²) in [4.78, 5) is 61.9. The Morgan fingerprint density at radius 3 is 2.51 bits per heavy atom. The molecule has 1 unspecified atom stereocenters. The summed E-state index contributed by atoms with van der Waals surface area (Å²) in [5.41, 5.74) is 0.724. The summed E-state index contributed by atoms with van der Waals surface area (Å²) in [6.07, 6.45) is 4.87. The summed E-state index contributed by atoms with van der Waals surface area (Å²) in [7, 11) is 0. The minimum atomic E-state index is -1.02. The number of halogens is 1. The number of carbonyl (C=O) groups is 3. The van der Waals surface area contributed by atoms with E-state index in [-0.39, 0.29) is 39.7 Å². The van der Waals surface area contributed by atoms with E-state index in [1.165, 1.54) is 35.5 Å². The van der Waals surface area contributed by atoms with Crippen LogP contribution in [0.15, 0.2) is 36.7 Å². The van der Waals surface area contributed by atoms with Gasteiger partial charge >= 0.3 is 17.2 Å². The van der Waals surface area contributed by atoms with Gasteiger partial charge in [0.1, 0.15) is 5.82 Å². The smallest absolute Gasteiger partial charge is 0.409 e. The zero-order chi connectivity index (χ0) is 33.7. The molecule has 2 aliphatic heterocycles. The number of aromatic nitrogens is 5. The number of hydrogen-bond acceptors (Lipinski definition) is 11. The molecule has 2 aliphatic rings. The van der Waals surface area contributed by atoms with Gasteiger partial charge in [-0.2, -0.15) is 9.49 Å². The number of ether oxygens (including phenoxy) is 1. The Kier molecular flexibility index (Phi) is 10.2. The monoisotopic (exact) mass is 669 g/mol. The van der Waals surface area contributed by atoms with Crippen molar-refractivity contribution >= 4 is 51.3 Å². The number of rotatable bonds is 7. The lowest BCUT2D eigenvalue weighted by Crippen LogP contribution is -2.37. The largest absolute Gasteiger partial charge is 0.465 e. The topological polar surface area (TPSA) is 199 Å². The van der Waals surface area contributed by atoms with Crippen LogP contribution in [0.25, 0.3) is 22.4 Å². The predicted octanol–water partition coefficient (Wildman–Crippen LogP) is 5.19. The van der Waals surface area contributed by atoms with Crippen LogP contribution in [0.1, 0.15) is 55.2 Å². The van der Waals surface area contributed by atoms with Crippen molar-refractivity contribution in [1.29, 1.82) is 0 Å². The van der Waals surface area contributed by atoms with Gasteiger partial charge < -0.3 is 25.0 Å². The van der Waals surface area contributed by atoms with Crippen molar-refractivity contribution in [3.63, 3.8) is 0 Å². The van der Waals surface area contributed by atoms with Crippen molar-refractivity contribution in [1.82, 2.24) is 34.5 Å². The molecule has 16 nitrogen and oxygen atoms in total. The molecule has 47 heavy (non-hydrogen) atoms. The summed E-state index contributed by atoms with van der Waals surface area (Å²) in [5.74, 6) is -1.07. The van der Waals surface area contributed by atoms with Gasteiger partial charge in [0.05, 0.1) is 40.1 Å². The molecule has 2 atom stereocenters. The van der Waals surface area contributed by atoms with Crippen LogP contribution >= 0.6 is 11.3 Å². The number of pyridine rings is 1. The maximum Gasteiger partial charge on any atom is 0.409 e. The number of nitro groups is 1. The molecule has 0 aliphatic carbocycles. The molecule has 0 bridgehead atoms. The molecule has 0 aromatic carbocycles. The first-order chi connectivity index (χ1) is 22.6. The van der Waals surface area contributed by atoms with Crippen LogP contribution in [0.4, 0.5) is 24.8 Å². The minimum Gasteiger partial charge on any atom is -0.465 e. The molecule has 0 saturated carbocycles. The van der Waals surface area contributed by atoms with E-state index in [9.17, 15) is 34.0 Å². The normalized spacial score (nSPS) is 17.3. The Hall–Kier alpha value is -5.26. The molecule has 2 saturated heterocycles. The van der Waals surface area contributed by atoms with Gasteiger partial charge in [0.2, 0.25) is 5.95 Å². The van der Waals surface area contributed by atoms with Crippen LogP contribution < -0.4 is 5.32 Å². The van der Waals surface area contributed by atoms with E-state index >= 15 is 0 Å². The number of carboxylic acid groups (broad SMARTS) is 1. The SMILES string of the molecule is CCOC(=O)N1CCCC1.CC[C@@H]1C(n2ncc3c(NC(=O)c4ccc([N+](=O)[O-])s4)nc(-c4ccc(F)nc4)nc32)CCN1C(=O)O. The zero-order valence-electron chi connectivity index (χ0n) is 25.5. The van der Waals surface area contributed by atoms with Crippen LogP contribution in [-0.4, -0.2) is 94.9 Å². The van der Waals surface area contributed by atoms with Crippen molar-refractivity contribution in [2.45, 2.75) is 51.6 Å². The molecule has 0 radical (unpaired) electrons. The second-order valence-corrected chi connectivity index (χ2v) is 11.7. The van der Waals surface area contributed by atoms with Gasteiger partial charge in [0.25, 0.3) is 5.91 Å². The summed E-state index contributed by atoms with van der Waals surface area (Å²) in [5, 5.41) is 28.0. The number of likely N-dealkylation sites (tertiary alicyclic amines) is 2. The van der Waals surface area contributed by atoms with Crippen molar-refractivity contribution in [2.24, 2.45) is 0 Å². The Bertz CT molecular complexity index is 1780. The standard InChI is InChI=1S/C22H19FN8O5S.C7H13NO2/c1-2-13-14(7-8-29(13)22(33)34)30-20-12(10-25-30)19(26-18(27-20)11-3-5-16(23)24-9-11)28-21(32)15-4-6-17(37-15)31(35)36;1-2-10-7(9)8-5-3-4-6-8/h3-6,9-10,13-14H,2,7-8H2,1H3,(H,33,34)(H,26,27,28,32);2-6H2,1H3/t13-,14?;/m1./s1. The van der Waals surface area contributed by atoms with Crippen LogP contribution in [-0.2, 0) is 4.74 Å². The molecule has 2 N–H and O–H groups in total. The fraction of sp³-hybridized carbons (Fsp3) is 0.414. The number of anilines is 1. The van der Waals surface area contributed by atoms with Crippen molar-refractivity contribution in [3.8, 4) is 11.4 Å². The highest BCUT2D eigenvalue weighted by atomic mass is 32.1. The van der Waals surface area contributed by atoms with Crippen molar-refractivity contribution in [2.75, 3.05) is 31.6 Å². The molecule has 6 rings (SSSR count). The van der Waals surface area contributed by atoms with Crippen LogP contribution in [0.5, 0.6) is 0 Å². The summed E-state index contributed by atoms with van der Waals surface area (Å²) in [6, 6.07) is 4.53. The first-order valence-electron chi connectivity index (χ1n) is 14.9. The third-order valence-corrected chi connectivity index (χ3v) is 8.82. The number of fused-ring (bicyclic) bond motifs is 1. The van der Waals surface area contributed by atoms with Gasteiger partial charge in [-0.25, -0.2) is 29.2 Å². The molecule has 6 heterocycles. The molecule has 0 spiro atoms. The van der Waals surface area contributed by atoms with Gasteiger partial charge in [0.15, 0.2) is 11.5 Å². The Morgan fingerprint density at radius 1 is 1.13 bits per heavy atom. The van der Waals surface area contributed by atoms with E-state index in [4.69, 9.17) is 4.74 Å². The van der Waals surface area contributed by atoms with Crippen LogP contribution in [0.3, 0.4) is 0 Å². The lowest BCUT2D eigenvalue weighted by Gasteiger charge is -2.25. The van der Waals surface area contributed by atoms with E-state index in [0.29, 0.717) is 42.6 Å². The first kappa shape index (κ1) is 33.1. The molecular formula is C29H32FN9O7S. The van der Waals surface area contributed by atoms with Gasteiger partial charge in [0, 0.05) is 37.5 Å². The lowest BCUT2D eigenvalue weighted by atomic mass is 10.1. The molecule has 3 amide bonds. The average Bonchev–Trinajstić information content (AvgIpc) is 3.87. The third-order valence-electron chi connectivity index (χ3n) is 7.79. The quantitative estimate of drug-likeness (QED) is 0.149. The third kappa shape index (κ3) is 7.26. The highest BCUT2D eigenvalue weighted by Crippen LogP contribution is 2.35. The Balaban J connectivity index is 0.000000371. The van der Waals surface area contributed by atoms with Gasteiger partial charge in [-0.1, -0.05) is 18.3 Å². The number of nitrogens with zero attached hydrogens (tertiary/aromatic N) is 8. The second-order valence-electron chi connectivity index (χ2n) is 10.6. The molecule has 4 aromatic heterocycles. The number of hydrogen-bond donors (Lipinski definition) is 2. The number of thiophene rings is 1. The van der Waals surface area contributed by atoms with Crippen LogP contribution in [0.2, 0.25) is 0 Å². The Labute approximate surface area is 271 Å². The predicted molar refractivity (Wildman–Crippen MR) is 168 cm³/mol. The highest BCUT2D eigenvalue weighted by molar-refractivity contribution is 7.17. The fourth-order valence-corrected chi connectivity index (χ4v) is 6.30. The average molecular weight is 670 g/mol. The van der Waals surface area contributed by atoms with E-state index < -0.39 is 22.9 Å². The summed E-state index contributed by atoms with van der Waals surface area (Å²) >= 11 is 0.720. The van der Waals surface area contributed by atoms with Crippen molar-refractivity contribution in [3.05, 3.63) is 57.6 Å². The molecular weight excluding hydrogens is 637 g/mol. The highest BCUT2D eigenvalue weighted by Gasteiger charge is 2.38. The zero-order valence-corrected chi connectivity index (χ0v) is 26.4. The van der Waals surface area contributed by atoms with E-state index in [0.717, 1.165) is 43.3 Å². The maximum atomic E-state index is 13.4. The summed E-state index contributed by atoms with van der Waals surface area (Å²) < 4.78 is 19.9. The molecule has 4 aromatic rings. The number of nitrogens with one attached hydrogen (secondary N) is 1. The second kappa shape index (κ2) is 14.4. The maximum absolute atomic E-state index is 13.4. The van der Waals surface area contributed by atoms with E-state index in [1.807, 2.05) is 13.8 Å². The first-order valence-corrected chi connectivity index (χ1v) is 15.8. The lowest BCUT2D eigenvalue weighted by molar-refractivity contribution is -0.380.